The highest BCUT2D eigenvalue weighted by molar-refractivity contribution is 5.38. The maximum atomic E-state index is 5.11. The van der Waals surface area contributed by atoms with Crippen LogP contribution < -0.4 is 0 Å². The predicted molar refractivity (Wildman–Crippen MR) is 92.5 cm³/mol. The zero-order valence-electron chi connectivity index (χ0n) is 15.3. The van der Waals surface area contributed by atoms with Gasteiger partial charge in [0.25, 0.3) is 0 Å². The van der Waals surface area contributed by atoms with Gasteiger partial charge < -0.3 is 0 Å². The van der Waals surface area contributed by atoms with Crippen molar-refractivity contribution < 1.29 is 0 Å². The van der Waals surface area contributed by atoms with Gasteiger partial charge in [-0.15, -0.1) is 0 Å². The largest absolute Gasteiger partial charge is 0.237 e. The lowest BCUT2D eigenvalue weighted by Crippen LogP contribution is -2.32. The first kappa shape index (κ1) is 16.0. The van der Waals surface area contributed by atoms with E-state index >= 15 is 0 Å². The molecule has 0 bridgehead atoms. The van der Waals surface area contributed by atoms with E-state index in [1.165, 1.54) is 49.1 Å². The molecule has 2 unspecified atom stereocenters. The zero-order valence-corrected chi connectivity index (χ0v) is 15.3. The lowest BCUT2D eigenvalue weighted by molar-refractivity contribution is 0.267. The minimum atomic E-state index is 0.0262. The summed E-state index contributed by atoms with van der Waals surface area (Å²) in [4.78, 5) is 10.1. The highest BCUT2D eigenvalue weighted by atomic mass is 14.9. The molecule has 1 fully saturated rings. The maximum Gasteiger partial charge on any atom is 0.134 e. The Morgan fingerprint density at radius 2 is 1.50 bits per heavy atom. The van der Waals surface area contributed by atoms with E-state index in [1.807, 2.05) is 0 Å². The topological polar surface area (TPSA) is 25.8 Å². The summed E-state index contributed by atoms with van der Waals surface area (Å²) in [5, 5.41) is 0. The van der Waals surface area contributed by atoms with Crippen molar-refractivity contribution in [2.24, 2.45) is 5.92 Å². The first-order chi connectivity index (χ1) is 10.2. The smallest absolute Gasteiger partial charge is 0.134 e. The summed E-state index contributed by atoms with van der Waals surface area (Å²) in [7, 11) is 0. The fraction of sp³-hybridized carbons (Fsp3) is 0.800. The van der Waals surface area contributed by atoms with Gasteiger partial charge in [0, 0.05) is 16.5 Å². The van der Waals surface area contributed by atoms with Crippen molar-refractivity contribution in [2.45, 2.75) is 96.8 Å². The molecule has 2 nitrogen and oxygen atoms in total. The van der Waals surface area contributed by atoms with E-state index < -0.39 is 0 Å². The summed E-state index contributed by atoms with van der Waals surface area (Å²) in [6.07, 6.45) is 8.05. The normalized spacial score (nSPS) is 25.5. The average Bonchev–Trinajstić information content (AvgIpc) is 2.44. The molecule has 122 valence electrons. The third-order valence-corrected chi connectivity index (χ3v) is 5.44. The summed E-state index contributed by atoms with van der Waals surface area (Å²) in [5.74, 6) is 2.64. The summed E-state index contributed by atoms with van der Waals surface area (Å²) in [6.45, 7) is 13.6. The lowest BCUT2D eigenvalue weighted by atomic mass is 9.67. The molecule has 0 spiro atoms. The van der Waals surface area contributed by atoms with Gasteiger partial charge in [0.15, 0.2) is 0 Å². The van der Waals surface area contributed by atoms with Crippen LogP contribution in [0.15, 0.2) is 0 Å². The molecule has 0 aromatic carbocycles. The summed E-state index contributed by atoms with van der Waals surface area (Å²) in [6, 6.07) is 0. The van der Waals surface area contributed by atoms with Crippen molar-refractivity contribution >= 4 is 0 Å². The van der Waals surface area contributed by atoms with Crippen LogP contribution in [-0.4, -0.2) is 9.97 Å². The first-order valence-corrected chi connectivity index (χ1v) is 9.09. The molecule has 22 heavy (non-hydrogen) atoms. The molecule has 2 aliphatic rings. The van der Waals surface area contributed by atoms with Gasteiger partial charge in [-0.3, -0.25) is 0 Å². The average molecular weight is 300 g/mol. The van der Waals surface area contributed by atoms with Crippen LogP contribution in [0.3, 0.4) is 0 Å². The number of rotatable bonds is 0. The quantitative estimate of drug-likeness (QED) is 0.650. The fourth-order valence-electron chi connectivity index (χ4n) is 4.26. The zero-order chi connectivity index (χ0) is 16.1. The number of fused-ring (bicyclic) bond motifs is 3. The minimum absolute atomic E-state index is 0.0262. The van der Waals surface area contributed by atoms with Crippen LogP contribution in [-0.2, 0) is 17.3 Å². The minimum Gasteiger partial charge on any atom is -0.237 e. The molecule has 0 N–H and O–H groups in total. The summed E-state index contributed by atoms with van der Waals surface area (Å²) < 4.78 is 0. The van der Waals surface area contributed by atoms with Gasteiger partial charge in [-0.2, -0.15) is 0 Å². The van der Waals surface area contributed by atoms with Gasteiger partial charge in [-0.25, -0.2) is 9.97 Å². The molecule has 1 heterocycles. The van der Waals surface area contributed by atoms with E-state index in [4.69, 9.17) is 9.97 Å². The second-order valence-electron chi connectivity index (χ2n) is 9.45. The second-order valence-corrected chi connectivity index (χ2v) is 9.45. The van der Waals surface area contributed by atoms with E-state index in [2.05, 4.69) is 41.5 Å². The van der Waals surface area contributed by atoms with Crippen LogP contribution in [0.4, 0.5) is 0 Å². The number of aryl methyl sites for hydroxylation is 1. The Morgan fingerprint density at radius 3 is 2.14 bits per heavy atom. The van der Waals surface area contributed by atoms with Crippen LogP contribution >= 0.6 is 0 Å². The van der Waals surface area contributed by atoms with Crippen LogP contribution in [0.2, 0.25) is 0 Å². The Hall–Kier alpha value is -0.920. The molecular formula is C20H32N2. The number of hydrogen-bond acceptors (Lipinski definition) is 2. The SMILES string of the molecule is CC(C)(C)c1nc2c(c(C(C)(C)C)n1)C1CCCCC1CC2. The van der Waals surface area contributed by atoms with Crippen molar-refractivity contribution in [3.05, 3.63) is 22.8 Å². The van der Waals surface area contributed by atoms with Gasteiger partial charge >= 0.3 is 0 Å². The van der Waals surface area contributed by atoms with Gasteiger partial charge in [0.05, 0.1) is 5.69 Å². The molecular weight excluding hydrogens is 268 g/mol. The van der Waals surface area contributed by atoms with E-state index in [1.54, 1.807) is 0 Å². The first-order valence-electron chi connectivity index (χ1n) is 9.09. The molecule has 1 aromatic heterocycles. The van der Waals surface area contributed by atoms with Gasteiger partial charge in [0.1, 0.15) is 5.82 Å². The van der Waals surface area contributed by atoms with E-state index in [-0.39, 0.29) is 10.8 Å². The van der Waals surface area contributed by atoms with Gasteiger partial charge in [-0.05, 0) is 43.1 Å². The van der Waals surface area contributed by atoms with Crippen molar-refractivity contribution in [2.75, 3.05) is 0 Å². The molecule has 0 amide bonds. The standard InChI is InChI=1S/C20H32N2/c1-19(2,3)17-16-14-10-8-7-9-13(14)11-12-15(16)21-18(22-17)20(4,5)6/h13-14H,7-12H2,1-6H3. The molecule has 0 saturated heterocycles. The molecule has 0 radical (unpaired) electrons. The number of hydrogen-bond donors (Lipinski definition) is 0. The van der Waals surface area contributed by atoms with Crippen LogP contribution in [0.25, 0.3) is 0 Å². The highest BCUT2D eigenvalue weighted by Gasteiger charge is 2.38. The Morgan fingerprint density at radius 1 is 0.818 bits per heavy atom. The Kier molecular flexibility index (Phi) is 3.86. The van der Waals surface area contributed by atoms with E-state index in [0.717, 1.165) is 24.1 Å². The third kappa shape index (κ3) is 2.81. The molecule has 0 aliphatic heterocycles. The molecule has 1 saturated carbocycles. The molecule has 1 aromatic rings. The Labute approximate surface area is 136 Å². The summed E-state index contributed by atoms with van der Waals surface area (Å²) in [5.41, 5.74) is 4.37. The van der Waals surface area contributed by atoms with Gasteiger partial charge in [-0.1, -0.05) is 54.4 Å². The van der Waals surface area contributed by atoms with Crippen LogP contribution in [0.1, 0.15) is 102 Å². The Bertz CT molecular complexity index is 560. The van der Waals surface area contributed by atoms with Crippen LogP contribution in [0.5, 0.6) is 0 Å². The second kappa shape index (κ2) is 5.32. The lowest BCUT2D eigenvalue weighted by Gasteiger charge is -2.40. The number of nitrogens with zero attached hydrogens (tertiary/aromatic N) is 2. The van der Waals surface area contributed by atoms with Crippen molar-refractivity contribution in [1.82, 2.24) is 9.97 Å². The van der Waals surface area contributed by atoms with Crippen LogP contribution in [0, 0.1) is 5.92 Å². The monoisotopic (exact) mass is 300 g/mol. The molecule has 2 atom stereocenters. The molecule has 2 heteroatoms. The van der Waals surface area contributed by atoms with Crippen molar-refractivity contribution in [3.63, 3.8) is 0 Å². The third-order valence-electron chi connectivity index (χ3n) is 5.44. The predicted octanol–water partition coefficient (Wildman–Crippen LogP) is 5.29. The maximum absolute atomic E-state index is 5.11. The fourth-order valence-corrected chi connectivity index (χ4v) is 4.26. The van der Waals surface area contributed by atoms with Crippen molar-refractivity contribution in [3.8, 4) is 0 Å². The van der Waals surface area contributed by atoms with E-state index in [0.29, 0.717) is 0 Å². The van der Waals surface area contributed by atoms with E-state index in [9.17, 15) is 0 Å². The van der Waals surface area contributed by atoms with Crippen molar-refractivity contribution in [1.29, 1.82) is 0 Å². The number of aromatic nitrogens is 2. The van der Waals surface area contributed by atoms with Gasteiger partial charge in [0.2, 0.25) is 0 Å². The highest BCUT2D eigenvalue weighted by Crippen LogP contribution is 2.47. The Balaban J connectivity index is 2.18. The molecule has 3 rings (SSSR count). The summed E-state index contributed by atoms with van der Waals surface area (Å²) >= 11 is 0. The molecule has 2 aliphatic carbocycles.